The second-order valence-electron chi connectivity index (χ2n) is 7.89. The first-order valence-electron chi connectivity index (χ1n) is 10.9. The summed E-state index contributed by atoms with van der Waals surface area (Å²) in [6, 6.07) is 30.1. The minimum absolute atomic E-state index is 0.374. The maximum absolute atomic E-state index is 12.3. The van der Waals surface area contributed by atoms with Gasteiger partial charge in [-0.2, -0.15) is 5.10 Å². The van der Waals surface area contributed by atoms with E-state index in [1.54, 1.807) is 30.3 Å². The van der Waals surface area contributed by atoms with Crippen molar-refractivity contribution in [3.8, 4) is 5.75 Å². The molecule has 0 spiro atoms. The zero-order valence-electron chi connectivity index (χ0n) is 19.2. The highest BCUT2D eigenvalue weighted by Crippen LogP contribution is 2.21. The lowest BCUT2D eigenvalue weighted by molar-refractivity contribution is -0.119. The van der Waals surface area contributed by atoms with Crippen LogP contribution in [0.15, 0.2) is 102 Å². The Kier molecular flexibility index (Phi) is 7.42. The standard InChI is InChI=1S/C27H25N3O4S/c1-35(32,33)30(24-11-3-2-4-12-24)19-27(31)29-28-18-21-14-16-25(17-15-21)34-20-23-10-7-9-22-8-5-6-13-26(22)23/h2-18H,19-20H2,1H3,(H,29,31)/b28-18-. The van der Waals surface area contributed by atoms with Crippen LogP contribution < -0.4 is 14.5 Å². The van der Waals surface area contributed by atoms with Crippen LogP contribution in [0.1, 0.15) is 11.1 Å². The van der Waals surface area contributed by atoms with Crippen molar-refractivity contribution in [3.05, 3.63) is 108 Å². The summed E-state index contributed by atoms with van der Waals surface area (Å²) in [5.74, 6) is 0.163. The molecule has 0 aliphatic heterocycles. The van der Waals surface area contributed by atoms with Crippen molar-refractivity contribution in [3.63, 3.8) is 0 Å². The quantitative estimate of drug-likeness (QED) is 0.281. The molecule has 178 valence electrons. The Morgan fingerprint density at radius 1 is 0.914 bits per heavy atom. The molecule has 35 heavy (non-hydrogen) atoms. The maximum atomic E-state index is 12.3. The molecule has 0 aromatic heterocycles. The van der Waals surface area contributed by atoms with Crippen LogP contribution >= 0.6 is 0 Å². The Labute approximate surface area is 204 Å². The monoisotopic (exact) mass is 487 g/mol. The number of hydrogen-bond donors (Lipinski definition) is 1. The van der Waals surface area contributed by atoms with E-state index in [9.17, 15) is 13.2 Å². The lowest BCUT2D eigenvalue weighted by Gasteiger charge is -2.21. The summed E-state index contributed by atoms with van der Waals surface area (Å²) in [7, 11) is -3.63. The van der Waals surface area contributed by atoms with Gasteiger partial charge in [-0.25, -0.2) is 13.8 Å². The molecule has 1 amide bonds. The highest BCUT2D eigenvalue weighted by molar-refractivity contribution is 7.92. The van der Waals surface area contributed by atoms with E-state index in [-0.39, 0.29) is 6.54 Å². The predicted octanol–water partition coefficient (Wildman–Crippen LogP) is 4.34. The minimum atomic E-state index is -3.63. The molecule has 0 aliphatic carbocycles. The summed E-state index contributed by atoms with van der Waals surface area (Å²) in [4.78, 5) is 12.3. The number of ether oxygens (including phenoxy) is 1. The predicted molar refractivity (Wildman–Crippen MR) is 139 cm³/mol. The Morgan fingerprint density at radius 2 is 1.60 bits per heavy atom. The van der Waals surface area contributed by atoms with E-state index in [2.05, 4.69) is 34.8 Å². The molecule has 0 bridgehead atoms. The summed E-state index contributed by atoms with van der Waals surface area (Å²) >= 11 is 0. The van der Waals surface area contributed by atoms with Gasteiger partial charge in [-0.3, -0.25) is 9.10 Å². The first-order valence-corrected chi connectivity index (χ1v) is 12.8. The number of hydrazone groups is 1. The Hall–Kier alpha value is -4.17. The normalized spacial score (nSPS) is 11.5. The second kappa shape index (κ2) is 10.8. The van der Waals surface area contributed by atoms with Crippen LogP contribution in [-0.2, 0) is 21.4 Å². The van der Waals surface area contributed by atoms with Gasteiger partial charge in [0.2, 0.25) is 10.0 Å². The van der Waals surface area contributed by atoms with E-state index in [4.69, 9.17) is 4.74 Å². The maximum Gasteiger partial charge on any atom is 0.260 e. The van der Waals surface area contributed by atoms with Gasteiger partial charge < -0.3 is 4.74 Å². The number of fused-ring (bicyclic) bond motifs is 1. The average Bonchev–Trinajstić information content (AvgIpc) is 2.86. The minimum Gasteiger partial charge on any atom is -0.489 e. The molecule has 0 radical (unpaired) electrons. The van der Waals surface area contributed by atoms with Gasteiger partial charge in [-0.05, 0) is 58.3 Å². The SMILES string of the molecule is CS(=O)(=O)N(CC(=O)N/N=C\c1ccc(OCc2cccc3ccccc23)cc1)c1ccccc1. The van der Waals surface area contributed by atoms with Crippen LogP contribution in [0.3, 0.4) is 0 Å². The third-order valence-corrected chi connectivity index (χ3v) is 6.43. The summed E-state index contributed by atoms with van der Waals surface area (Å²) in [6.45, 7) is 0.0736. The van der Waals surface area contributed by atoms with E-state index >= 15 is 0 Å². The van der Waals surface area contributed by atoms with Crippen LogP contribution in [0.4, 0.5) is 5.69 Å². The van der Waals surface area contributed by atoms with Crippen molar-refractivity contribution >= 4 is 38.6 Å². The fourth-order valence-corrected chi connectivity index (χ4v) is 4.42. The van der Waals surface area contributed by atoms with Crippen molar-refractivity contribution in [2.75, 3.05) is 17.1 Å². The number of hydrogen-bond acceptors (Lipinski definition) is 5. The number of benzene rings is 4. The van der Waals surface area contributed by atoms with E-state index in [1.807, 2.05) is 42.5 Å². The fraction of sp³-hybridized carbons (Fsp3) is 0.111. The number of carbonyl (C=O) groups is 1. The highest BCUT2D eigenvalue weighted by atomic mass is 32.2. The summed E-state index contributed by atoms with van der Waals surface area (Å²) in [5.41, 5.74) is 4.65. The van der Waals surface area contributed by atoms with Gasteiger partial charge in [0.1, 0.15) is 18.9 Å². The van der Waals surface area contributed by atoms with Gasteiger partial charge in [-0.1, -0.05) is 60.7 Å². The third kappa shape index (κ3) is 6.45. The molecular weight excluding hydrogens is 462 g/mol. The van der Waals surface area contributed by atoms with Crippen molar-refractivity contribution in [1.29, 1.82) is 0 Å². The van der Waals surface area contributed by atoms with E-state index in [1.165, 1.54) is 11.6 Å². The molecule has 0 atom stereocenters. The number of para-hydroxylation sites is 1. The van der Waals surface area contributed by atoms with Crippen LogP contribution in [0.2, 0.25) is 0 Å². The molecule has 4 aromatic carbocycles. The Bertz CT molecular complexity index is 1430. The smallest absolute Gasteiger partial charge is 0.260 e. The van der Waals surface area contributed by atoms with Crippen LogP contribution in [0.25, 0.3) is 10.8 Å². The third-order valence-electron chi connectivity index (χ3n) is 5.29. The molecule has 0 saturated carbocycles. The highest BCUT2D eigenvalue weighted by Gasteiger charge is 2.20. The van der Waals surface area contributed by atoms with E-state index in [0.717, 1.165) is 27.1 Å². The first-order chi connectivity index (χ1) is 16.9. The molecule has 0 heterocycles. The molecule has 1 N–H and O–H groups in total. The van der Waals surface area contributed by atoms with Gasteiger partial charge in [0.15, 0.2) is 0 Å². The van der Waals surface area contributed by atoms with E-state index < -0.39 is 15.9 Å². The molecule has 0 aliphatic rings. The number of anilines is 1. The lowest BCUT2D eigenvalue weighted by Crippen LogP contribution is -2.38. The number of carbonyl (C=O) groups excluding carboxylic acids is 1. The molecule has 4 aromatic rings. The van der Waals surface area contributed by atoms with Gasteiger partial charge in [-0.15, -0.1) is 0 Å². The molecule has 4 rings (SSSR count). The molecule has 0 saturated heterocycles. The Morgan fingerprint density at radius 3 is 2.34 bits per heavy atom. The number of sulfonamides is 1. The van der Waals surface area contributed by atoms with Crippen molar-refractivity contribution in [2.45, 2.75) is 6.61 Å². The second-order valence-corrected chi connectivity index (χ2v) is 9.80. The van der Waals surface area contributed by atoms with Crippen molar-refractivity contribution in [1.82, 2.24) is 5.43 Å². The average molecular weight is 488 g/mol. The summed E-state index contributed by atoms with van der Waals surface area (Å²) in [6.07, 6.45) is 2.54. The van der Waals surface area contributed by atoms with Gasteiger partial charge >= 0.3 is 0 Å². The summed E-state index contributed by atoms with van der Waals surface area (Å²) < 4.78 is 31.2. The molecule has 0 fully saturated rings. The van der Waals surface area contributed by atoms with Crippen molar-refractivity contribution < 1.29 is 17.9 Å². The topological polar surface area (TPSA) is 88.1 Å². The number of amides is 1. The van der Waals surface area contributed by atoms with E-state index in [0.29, 0.717) is 18.0 Å². The first kappa shape index (κ1) is 24.0. The number of rotatable bonds is 9. The van der Waals surface area contributed by atoms with Crippen LogP contribution in [0, 0.1) is 0 Å². The zero-order chi connectivity index (χ0) is 24.7. The summed E-state index contributed by atoms with van der Waals surface area (Å²) in [5, 5.41) is 6.28. The lowest BCUT2D eigenvalue weighted by atomic mass is 10.1. The molecule has 0 unspecified atom stereocenters. The van der Waals surface area contributed by atoms with Crippen molar-refractivity contribution in [2.24, 2.45) is 5.10 Å². The Balaban J connectivity index is 1.32. The zero-order valence-corrected chi connectivity index (χ0v) is 20.0. The fourth-order valence-electron chi connectivity index (χ4n) is 3.57. The van der Waals surface area contributed by atoms with Gasteiger partial charge in [0.25, 0.3) is 5.91 Å². The van der Waals surface area contributed by atoms with Gasteiger partial charge in [0.05, 0.1) is 18.2 Å². The molecular formula is C27H25N3O4S. The molecule has 7 nitrogen and oxygen atoms in total. The van der Waals surface area contributed by atoms with Crippen LogP contribution in [0.5, 0.6) is 5.75 Å². The number of nitrogens with zero attached hydrogens (tertiary/aromatic N) is 2. The van der Waals surface area contributed by atoms with Gasteiger partial charge in [0, 0.05) is 0 Å². The largest absolute Gasteiger partial charge is 0.489 e. The van der Waals surface area contributed by atoms with Crippen LogP contribution in [-0.4, -0.2) is 33.3 Å². The number of nitrogens with one attached hydrogen (secondary N) is 1. The molecule has 8 heteroatoms.